The van der Waals surface area contributed by atoms with Crippen molar-refractivity contribution in [1.29, 1.82) is 0 Å². The fourth-order valence-corrected chi connectivity index (χ4v) is 4.55. The Kier molecular flexibility index (Phi) is 6.65. The number of amides is 1. The van der Waals surface area contributed by atoms with Crippen molar-refractivity contribution >= 4 is 21.6 Å². The Morgan fingerprint density at radius 2 is 1.68 bits per heavy atom. The molecule has 7 heteroatoms. The number of carbonyl (C=O) groups excluding carboxylic acids is 1. The summed E-state index contributed by atoms with van der Waals surface area (Å²) < 4.78 is 33.9. The van der Waals surface area contributed by atoms with Gasteiger partial charge in [-0.2, -0.15) is 0 Å². The lowest BCUT2D eigenvalue weighted by Gasteiger charge is -2.19. The van der Waals surface area contributed by atoms with Gasteiger partial charge in [-0.1, -0.05) is 48.0 Å². The average molecular weight is 439 g/mol. The molecule has 0 fully saturated rings. The van der Waals surface area contributed by atoms with Crippen LogP contribution in [0.2, 0.25) is 0 Å². The highest BCUT2D eigenvalue weighted by Gasteiger charge is 2.22. The van der Waals surface area contributed by atoms with E-state index in [1.807, 2.05) is 31.2 Å². The number of nitrogens with one attached hydrogen (secondary N) is 1. The minimum atomic E-state index is -3.92. The lowest BCUT2D eigenvalue weighted by Crippen LogP contribution is -2.26. The maximum Gasteiger partial charge on any atom is 0.262 e. The number of sulfonamides is 1. The molecular weight excluding hydrogens is 412 g/mol. The van der Waals surface area contributed by atoms with Crippen LogP contribution in [0.1, 0.15) is 27.0 Å². The molecule has 0 saturated heterocycles. The van der Waals surface area contributed by atoms with Crippen LogP contribution in [0.4, 0.5) is 5.69 Å². The van der Waals surface area contributed by atoms with Gasteiger partial charge in [0.25, 0.3) is 15.9 Å². The fourth-order valence-electron chi connectivity index (χ4n) is 3.21. The van der Waals surface area contributed by atoms with Crippen LogP contribution in [0.25, 0.3) is 0 Å². The number of hydrogen-bond donors (Lipinski definition) is 1. The highest BCUT2D eigenvalue weighted by Crippen LogP contribution is 2.27. The van der Waals surface area contributed by atoms with E-state index in [-0.39, 0.29) is 10.8 Å². The number of benzene rings is 3. The predicted octanol–water partition coefficient (Wildman–Crippen LogP) is 4.39. The number of aryl methyl sites for hydroxylation is 2. The Morgan fingerprint density at radius 1 is 1.00 bits per heavy atom. The summed E-state index contributed by atoms with van der Waals surface area (Å²) in [5.74, 6) is 0.156. The Morgan fingerprint density at radius 3 is 2.35 bits per heavy atom. The van der Waals surface area contributed by atoms with Crippen molar-refractivity contribution < 1.29 is 17.9 Å². The molecule has 3 rings (SSSR count). The van der Waals surface area contributed by atoms with E-state index in [0.717, 1.165) is 11.1 Å². The van der Waals surface area contributed by atoms with Crippen LogP contribution < -0.4 is 9.46 Å². The molecule has 162 valence electrons. The normalized spacial score (nSPS) is 11.1. The van der Waals surface area contributed by atoms with Gasteiger partial charge in [0.2, 0.25) is 0 Å². The Hall–Kier alpha value is -3.32. The molecular formula is C24H26N2O4S. The van der Waals surface area contributed by atoms with E-state index in [2.05, 4.69) is 4.72 Å². The van der Waals surface area contributed by atoms with Crippen molar-refractivity contribution in [2.24, 2.45) is 0 Å². The van der Waals surface area contributed by atoms with E-state index in [1.165, 1.54) is 13.2 Å². The van der Waals surface area contributed by atoms with E-state index in [9.17, 15) is 13.2 Å². The van der Waals surface area contributed by atoms with Crippen LogP contribution in [-0.2, 0) is 16.6 Å². The quantitative estimate of drug-likeness (QED) is 0.594. The minimum absolute atomic E-state index is 0.0491. The standard InChI is InChI=1S/C24H26N2O4S/c1-17-9-12-19(13-10-17)16-26(3)24(27)20-14-11-18(2)23(15-20)31(28,29)25-21-7-5-6-8-22(21)30-4/h5-15,25H,16H2,1-4H3. The molecule has 3 aromatic carbocycles. The van der Waals surface area contributed by atoms with Crippen molar-refractivity contribution in [3.63, 3.8) is 0 Å². The van der Waals surface area contributed by atoms with Gasteiger partial charge in [0.15, 0.2) is 0 Å². The highest BCUT2D eigenvalue weighted by molar-refractivity contribution is 7.92. The first-order chi connectivity index (χ1) is 14.7. The lowest BCUT2D eigenvalue weighted by atomic mass is 10.1. The monoisotopic (exact) mass is 438 g/mol. The van der Waals surface area contributed by atoms with Gasteiger partial charge in [-0.05, 0) is 49.2 Å². The number of nitrogens with zero attached hydrogens (tertiary/aromatic N) is 1. The zero-order valence-corrected chi connectivity index (χ0v) is 18.9. The third kappa shape index (κ3) is 5.24. The van der Waals surface area contributed by atoms with Gasteiger partial charge in [-0.25, -0.2) is 8.42 Å². The van der Waals surface area contributed by atoms with Gasteiger partial charge in [0.1, 0.15) is 5.75 Å². The molecule has 0 aliphatic carbocycles. The second kappa shape index (κ2) is 9.22. The van der Waals surface area contributed by atoms with E-state index < -0.39 is 10.0 Å². The van der Waals surface area contributed by atoms with E-state index in [0.29, 0.717) is 29.1 Å². The van der Waals surface area contributed by atoms with Crippen LogP contribution in [0, 0.1) is 13.8 Å². The van der Waals surface area contributed by atoms with Gasteiger partial charge >= 0.3 is 0 Å². The number of carbonyl (C=O) groups is 1. The molecule has 0 heterocycles. The van der Waals surface area contributed by atoms with Gasteiger partial charge in [0.05, 0.1) is 17.7 Å². The first-order valence-corrected chi connectivity index (χ1v) is 11.3. The number of methoxy groups -OCH3 is 1. The van der Waals surface area contributed by atoms with Crippen LogP contribution in [0.15, 0.2) is 71.6 Å². The fraction of sp³-hybridized carbons (Fsp3) is 0.208. The van der Waals surface area contributed by atoms with Crippen LogP contribution in [0.5, 0.6) is 5.75 Å². The molecule has 0 atom stereocenters. The number of ether oxygens (including phenoxy) is 1. The summed E-state index contributed by atoms with van der Waals surface area (Å²) in [5, 5.41) is 0. The molecule has 0 bridgehead atoms. The SMILES string of the molecule is COc1ccccc1NS(=O)(=O)c1cc(C(=O)N(C)Cc2ccc(C)cc2)ccc1C. The van der Waals surface area contributed by atoms with Gasteiger partial charge in [0, 0.05) is 19.2 Å². The first kappa shape index (κ1) is 22.4. The summed E-state index contributed by atoms with van der Waals surface area (Å²) in [6, 6.07) is 19.4. The van der Waals surface area contributed by atoms with E-state index in [4.69, 9.17) is 4.74 Å². The topological polar surface area (TPSA) is 75.7 Å². The van der Waals surface area contributed by atoms with Gasteiger partial charge < -0.3 is 9.64 Å². The maximum absolute atomic E-state index is 13.1. The Balaban J connectivity index is 1.86. The molecule has 31 heavy (non-hydrogen) atoms. The molecule has 0 unspecified atom stereocenters. The highest BCUT2D eigenvalue weighted by atomic mass is 32.2. The average Bonchev–Trinajstić information content (AvgIpc) is 2.75. The number of anilines is 1. The number of para-hydroxylation sites is 2. The molecule has 1 amide bonds. The number of rotatable bonds is 7. The molecule has 1 N–H and O–H groups in total. The van der Waals surface area contributed by atoms with Gasteiger partial charge in [-0.15, -0.1) is 0 Å². The minimum Gasteiger partial charge on any atom is -0.495 e. The predicted molar refractivity (Wildman–Crippen MR) is 122 cm³/mol. The molecule has 6 nitrogen and oxygen atoms in total. The third-order valence-corrected chi connectivity index (χ3v) is 6.47. The molecule has 0 aliphatic heterocycles. The van der Waals surface area contributed by atoms with Crippen molar-refractivity contribution in [2.45, 2.75) is 25.3 Å². The van der Waals surface area contributed by atoms with E-state index >= 15 is 0 Å². The summed E-state index contributed by atoms with van der Waals surface area (Å²) in [7, 11) is -0.751. The maximum atomic E-state index is 13.1. The smallest absolute Gasteiger partial charge is 0.262 e. The Bertz CT molecular complexity index is 1190. The molecule has 0 aromatic heterocycles. The summed E-state index contributed by atoms with van der Waals surface area (Å²) in [4.78, 5) is 14.6. The first-order valence-electron chi connectivity index (χ1n) is 9.79. The molecule has 0 spiro atoms. The third-order valence-electron chi connectivity index (χ3n) is 4.96. The van der Waals surface area contributed by atoms with Crippen LogP contribution >= 0.6 is 0 Å². The number of hydrogen-bond acceptors (Lipinski definition) is 4. The molecule has 0 radical (unpaired) electrons. The van der Waals surface area contributed by atoms with Crippen LogP contribution in [0.3, 0.4) is 0 Å². The summed E-state index contributed by atoms with van der Waals surface area (Å²) in [6.45, 7) is 4.13. The zero-order valence-electron chi connectivity index (χ0n) is 18.0. The van der Waals surface area contributed by atoms with Crippen LogP contribution in [-0.4, -0.2) is 33.4 Å². The summed E-state index contributed by atoms with van der Waals surface area (Å²) in [5.41, 5.74) is 3.33. The van der Waals surface area contributed by atoms with Crippen molar-refractivity contribution in [1.82, 2.24) is 4.90 Å². The molecule has 0 saturated carbocycles. The lowest BCUT2D eigenvalue weighted by molar-refractivity contribution is 0.0785. The molecule has 0 aliphatic rings. The zero-order chi connectivity index (χ0) is 22.6. The van der Waals surface area contributed by atoms with E-state index in [1.54, 1.807) is 55.3 Å². The summed E-state index contributed by atoms with van der Waals surface area (Å²) in [6.07, 6.45) is 0. The summed E-state index contributed by atoms with van der Waals surface area (Å²) >= 11 is 0. The second-order valence-corrected chi connectivity index (χ2v) is 9.08. The second-order valence-electron chi connectivity index (χ2n) is 7.43. The van der Waals surface area contributed by atoms with Crippen molar-refractivity contribution in [3.8, 4) is 5.75 Å². The van der Waals surface area contributed by atoms with Gasteiger partial charge in [-0.3, -0.25) is 9.52 Å². The van der Waals surface area contributed by atoms with Crippen molar-refractivity contribution in [2.75, 3.05) is 18.9 Å². The Labute approximate surface area is 183 Å². The van der Waals surface area contributed by atoms with Crippen molar-refractivity contribution in [3.05, 3.63) is 89.0 Å². The molecule has 3 aromatic rings. The largest absolute Gasteiger partial charge is 0.495 e.